The highest BCUT2D eigenvalue weighted by molar-refractivity contribution is 6.32. The van der Waals surface area contributed by atoms with Crippen molar-refractivity contribution >= 4 is 23.5 Å². The number of hydrogen-bond acceptors (Lipinski definition) is 6. The molecule has 4 rings (SSSR count). The average molecular weight is 459 g/mol. The van der Waals surface area contributed by atoms with Gasteiger partial charge in [-0.25, -0.2) is 4.79 Å². The summed E-state index contributed by atoms with van der Waals surface area (Å²) in [4.78, 5) is 26.6. The van der Waals surface area contributed by atoms with E-state index in [1.54, 1.807) is 12.1 Å². The highest BCUT2D eigenvalue weighted by atomic mass is 35.5. The number of nitrogens with one attached hydrogen (secondary N) is 1. The minimum Gasteiger partial charge on any atom is -0.486 e. The predicted molar refractivity (Wildman–Crippen MR) is 121 cm³/mol. The van der Waals surface area contributed by atoms with Crippen LogP contribution in [0.1, 0.15) is 22.8 Å². The molecule has 2 aliphatic heterocycles. The van der Waals surface area contributed by atoms with Crippen molar-refractivity contribution in [3.05, 3.63) is 52.5 Å². The van der Waals surface area contributed by atoms with Crippen molar-refractivity contribution in [2.24, 2.45) is 0 Å². The number of carbonyl (C=O) groups excluding carboxylic acids is 2. The number of amides is 1. The van der Waals surface area contributed by atoms with Crippen molar-refractivity contribution in [3.63, 3.8) is 0 Å². The highest BCUT2D eigenvalue weighted by Crippen LogP contribution is 2.39. The van der Waals surface area contributed by atoms with E-state index in [0.717, 1.165) is 29.8 Å². The number of halogens is 1. The van der Waals surface area contributed by atoms with Gasteiger partial charge < -0.3 is 19.5 Å². The lowest BCUT2D eigenvalue weighted by atomic mass is 9.99. The van der Waals surface area contributed by atoms with Crippen LogP contribution in [0.2, 0.25) is 5.02 Å². The van der Waals surface area contributed by atoms with Crippen LogP contribution in [-0.4, -0.2) is 68.9 Å². The Morgan fingerprint density at radius 1 is 1.22 bits per heavy atom. The van der Waals surface area contributed by atoms with E-state index in [0.29, 0.717) is 42.5 Å². The molecular weight excluding hydrogens is 432 g/mol. The summed E-state index contributed by atoms with van der Waals surface area (Å²) >= 11 is 6.51. The Hall–Kier alpha value is -2.61. The maximum atomic E-state index is 12.6. The van der Waals surface area contributed by atoms with Gasteiger partial charge >= 0.3 is 5.97 Å². The van der Waals surface area contributed by atoms with E-state index in [1.807, 2.05) is 31.2 Å². The topological polar surface area (TPSA) is 77.1 Å². The molecule has 32 heavy (non-hydrogen) atoms. The monoisotopic (exact) mass is 458 g/mol. The summed E-state index contributed by atoms with van der Waals surface area (Å²) in [6.07, 6.45) is 0.464. The zero-order valence-electron chi connectivity index (χ0n) is 18.2. The van der Waals surface area contributed by atoms with Crippen LogP contribution < -0.4 is 10.1 Å². The number of ether oxygens (including phenoxy) is 3. The maximum Gasteiger partial charge on any atom is 0.337 e. The quantitative estimate of drug-likeness (QED) is 0.671. The first-order valence-corrected chi connectivity index (χ1v) is 11.1. The minimum atomic E-state index is -0.385. The van der Waals surface area contributed by atoms with Crippen LogP contribution in [0.4, 0.5) is 0 Å². The molecule has 7 nitrogen and oxygen atoms in total. The van der Waals surface area contributed by atoms with E-state index in [9.17, 15) is 9.59 Å². The van der Waals surface area contributed by atoms with E-state index >= 15 is 0 Å². The van der Waals surface area contributed by atoms with Gasteiger partial charge in [-0.3, -0.25) is 9.69 Å². The Morgan fingerprint density at radius 2 is 2.00 bits per heavy atom. The van der Waals surface area contributed by atoms with Gasteiger partial charge in [0, 0.05) is 25.1 Å². The summed E-state index contributed by atoms with van der Waals surface area (Å²) in [5, 5.41) is 3.52. The third kappa shape index (κ3) is 4.90. The molecule has 0 bridgehead atoms. The molecule has 2 aromatic rings. The lowest BCUT2D eigenvalue weighted by Crippen LogP contribution is -2.50. The van der Waals surface area contributed by atoms with E-state index in [4.69, 9.17) is 25.8 Å². The van der Waals surface area contributed by atoms with Crippen LogP contribution in [0.5, 0.6) is 5.75 Å². The molecular formula is C24H27ClN2O5. The van der Waals surface area contributed by atoms with Crippen LogP contribution in [0.3, 0.4) is 0 Å². The molecule has 1 saturated heterocycles. The first kappa shape index (κ1) is 22.6. The third-order valence-electron chi connectivity index (χ3n) is 5.95. The summed E-state index contributed by atoms with van der Waals surface area (Å²) in [5.74, 6) is 0.252. The molecule has 0 radical (unpaired) electrons. The Labute approximate surface area is 192 Å². The first-order chi connectivity index (χ1) is 15.5. The van der Waals surface area contributed by atoms with Crippen LogP contribution in [0.15, 0.2) is 36.4 Å². The second-order valence-electron chi connectivity index (χ2n) is 8.03. The fourth-order valence-electron chi connectivity index (χ4n) is 4.10. The number of carbonyl (C=O) groups is 2. The number of benzene rings is 2. The van der Waals surface area contributed by atoms with E-state index < -0.39 is 0 Å². The van der Waals surface area contributed by atoms with Crippen LogP contribution in [0.25, 0.3) is 11.1 Å². The molecule has 1 amide bonds. The third-order valence-corrected chi connectivity index (χ3v) is 6.23. The lowest BCUT2D eigenvalue weighted by Gasteiger charge is -2.31. The van der Waals surface area contributed by atoms with Gasteiger partial charge in [-0.1, -0.05) is 23.7 Å². The largest absolute Gasteiger partial charge is 0.486 e. The van der Waals surface area contributed by atoms with Gasteiger partial charge in [0.25, 0.3) is 0 Å². The Bertz CT molecular complexity index is 1010. The average Bonchev–Trinajstić information content (AvgIpc) is 3.26. The SMILES string of the molecule is COC(=O)c1cccc(-c2cc(Cl)c3c(c2)C[C@@H](CNC(=O)[C@H](C)N2CCOCC2)O3)c1. The van der Waals surface area contributed by atoms with Gasteiger partial charge in [-0.15, -0.1) is 0 Å². The number of esters is 1. The molecule has 1 N–H and O–H groups in total. The molecule has 170 valence electrons. The number of hydrogen-bond donors (Lipinski definition) is 1. The zero-order chi connectivity index (χ0) is 22.7. The first-order valence-electron chi connectivity index (χ1n) is 10.7. The molecule has 0 aliphatic carbocycles. The van der Waals surface area contributed by atoms with Crippen molar-refractivity contribution in [3.8, 4) is 16.9 Å². The molecule has 2 heterocycles. The molecule has 1 fully saturated rings. The smallest absolute Gasteiger partial charge is 0.337 e. The van der Waals surface area contributed by atoms with E-state index in [-0.39, 0.29) is 24.0 Å². The number of fused-ring (bicyclic) bond motifs is 1. The van der Waals surface area contributed by atoms with Gasteiger partial charge in [0.1, 0.15) is 11.9 Å². The van der Waals surface area contributed by atoms with Crippen molar-refractivity contribution in [2.75, 3.05) is 40.0 Å². The summed E-state index contributed by atoms with van der Waals surface area (Å²) < 4.78 is 16.2. The molecule has 2 aromatic carbocycles. The van der Waals surface area contributed by atoms with Crippen molar-refractivity contribution in [1.82, 2.24) is 10.2 Å². The Kier molecular flexibility index (Phi) is 6.98. The van der Waals surface area contributed by atoms with Crippen LogP contribution in [-0.2, 0) is 20.7 Å². The predicted octanol–water partition coefficient (Wildman–Crippen LogP) is 2.93. The molecule has 2 aliphatic rings. The number of rotatable bonds is 6. The zero-order valence-corrected chi connectivity index (χ0v) is 19.0. The normalized spacial score (nSPS) is 19.0. The highest BCUT2D eigenvalue weighted by Gasteiger charge is 2.28. The van der Waals surface area contributed by atoms with Gasteiger partial charge in [0.2, 0.25) is 5.91 Å². The maximum absolute atomic E-state index is 12.6. The fraction of sp³-hybridized carbons (Fsp3) is 0.417. The Morgan fingerprint density at radius 3 is 2.75 bits per heavy atom. The summed E-state index contributed by atoms with van der Waals surface area (Å²) in [6.45, 7) is 5.15. The van der Waals surface area contributed by atoms with Crippen molar-refractivity contribution in [2.45, 2.75) is 25.5 Å². The molecule has 0 unspecified atom stereocenters. The standard InChI is InChI=1S/C24H27ClN2O5/c1-15(27-6-8-31-9-7-27)23(28)26-14-20-12-19-11-18(13-21(25)22(19)32-20)16-4-3-5-17(10-16)24(29)30-2/h3-5,10-11,13,15,20H,6-9,12,14H2,1-2H3,(H,26,28)/t15-,20-/m0/s1. The van der Waals surface area contributed by atoms with Gasteiger partial charge in [-0.2, -0.15) is 0 Å². The number of morpholine rings is 1. The van der Waals surface area contributed by atoms with Gasteiger partial charge in [-0.05, 0) is 42.3 Å². The molecule has 0 aromatic heterocycles. The van der Waals surface area contributed by atoms with Crippen molar-refractivity contribution < 1.29 is 23.8 Å². The molecule has 8 heteroatoms. The summed E-state index contributed by atoms with van der Waals surface area (Å²) in [5.41, 5.74) is 3.23. The fourth-order valence-corrected chi connectivity index (χ4v) is 4.39. The number of methoxy groups -OCH3 is 1. The molecule has 0 saturated carbocycles. The van der Waals surface area contributed by atoms with Crippen molar-refractivity contribution in [1.29, 1.82) is 0 Å². The Balaban J connectivity index is 1.41. The van der Waals surface area contributed by atoms with Crippen LogP contribution in [0, 0.1) is 0 Å². The van der Waals surface area contributed by atoms with Crippen LogP contribution >= 0.6 is 11.6 Å². The second kappa shape index (κ2) is 9.90. The lowest BCUT2D eigenvalue weighted by molar-refractivity contribution is -0.127. The van der Waals surface area contributed by atoms with E-state index in [2.05, 4.69) is 10.2 Å². The molecule has 0 spiro atoms. The summed E-state index contributed by atoms with van der Waals surface area (Å²) in [6, 6.07) is 10.9. The molecule has 2 atom stereocenters. The number of nitrogens with zero attached hydrogens (tertiary/aromatic N) is 1. The van der Waals surface area contributed by atoms with E-state index in [1.165, 1.54) is 7.11 Å². The second-order valence-corrected chi connectivity index (χ2v) is 8.44. The van der Waals surface area contributed by atoms with Gasteiger partial charge in [0.15, 0.2) is 0 Å². The summed E-state index contributed by atoms with van der Waals surface area (Å²) in [7, 11) is 1.36. The minimum absolute atomic E-state index is 0.0159. The van der Waals surface area contributed by atoms with Gasteiger partial charge in [0.05, 0.1) is 43.5 Å².